The minimum Gasteiger partial charge on any atom is -0.454 e. The topological polar surface area (TPSA) is 114 Å². The molecule has 2 aliphatic heterocycles. The van der Waals surface area contributed by atoms with Crippen molar-refractivity contribution in [1.29, 1.82) is 0 Å². The maximum absolute atomic E-state index is 12.9. The fourth-order valence-corrected chi connectivity index (χ4v) is 4.39. The van der Waals surface area contributed by atoms with Gasteiger partial charge in [0.15, 0.2) is 11.5 Å². The normalized spacial score (nSPS) is 21.5. The van der Waals surface area contributed by atoms with E-state index in [4.69, 9.17) is 9.47 Å². The zero-order valence-electron chi connectivity index (χ0n) is 17.5. The number of nitrogens with zero attached hydrogens (tertiary/aromatic N) is 3. The maximum atomic E-state index is 12.9. The van der Waals surface area contributed by atoms with E-state index in [1.165, 1.54) is 16.8 Å². The Balaban J connectivity index is 1.11. The Hall–Kier alpha value is -3.56. The number of nitrogens with one attached hydrogen (secondary N) is 1. The van der Waals surface area contributed by atoms with Crippen LogP contribution in [0.3, 0.4) is 0 Å². The van der Waals surface area contributed by atoms with Gasteiger partial charge >= 0.3 is 5.69 Å². The lowest BCUT2D eigenvalue weighted by molar-refractivity contribution is -0.140. The van der Waals surface area contributed by atoms with Crippen LogP contribution in [0.4, 0.5) is 0 Å². The van der Waals surface area contributed by atoms with Gasteiger partial charge in [-0.25, -0.2) is 4.79 Å². The number of carbonyl (C=O) groups is 2. The van der Waals surface area contributed by atoms with Crippen molar-refractivity contribution in [3.63, 3.8) is 0 Å². The highest BCUT2D eigenvalue weighted by atomic mass is 16.7. The van der Waals surface area contributed by atoms with Crippen molar-refractivity contribution in [1.82, 2.24) is 19.4 Å². The number of rotatable bonds is 5. The number of piperazine rings is 1. The predicted octanol–water partition coefficient (Wildman–Crippen LogP) is 0.130. The molecule has 2 aromatic rings. The number of amides is 2. The molecule has 2 amide bonds. The summed E-state index contributed by atoms with van der Waals surface area (Å²) < 4.78 is 12.1. The third-order valence-corrected chi connectivity index (χ3v) is 6.34. The fourth-order valence-electron chi connectivity index (χ4n) is 4.39. The molecule has 1 aliphatic carbocycles. The highest BCUT2D eigenvalue weighted by molar-refractivity contribution is 5.83. The Labute approximate surface area is 183 Å². The zero-order chi connectivity index (χ0) is 22.2. The van der Waals surface area contributed by atoms with E-state index in [-0.39, 0.29) is 43.4 Å². The SMILES string of the molecule is O=C(CCn1ccc(=O)[nH]c1=O)N1CCN(C(=O)C2CC2c2ccc3c(c2)OCO3)CC1. The molecule has 1 aromatic heterocycles. The van der Waals surface area contributed by atoms with Gasteiger partial charge in [0.2, 0.25) is 18.6 Å². The lowest BCUT2D eigenvalue weighted by atomic mass is 10.1. The second kappa shape index (κ2) is 8.18. The van der Waals surface area contributed by atoms with Crippen molar-refractivity contribution in [2.75, 3.05) is 33.0 Å². The van der Waals surface area contributed by atoms with Crippen molar-refractivity contribution in [2.45, 2.75) is 25.3 Å². The number of aromatic nitrogens is 2. The molecule has 10 nitrogen and oxygen atoms in total. The number of ether oxygens (including phenoxy) is 2. The van der Waals surface area contributed by atoms with Gasteiger partial charge < -0.3 is 23.8 Å². The van der Waals surface area contributed by atoms with Gasteiger partial charge in [0.1, 0.15) is 0 Å². The standard InChI is InChI=1S/C22H24N4O6/c27-19-3-5-26(22(30)23-19)6-4-20(28)24-7-9-25(10-8-24)21(29)16-12-15(16)14-1-2-17-18(11-14)32-13-31-17/h1-3,5,11,15-16H,4,6-10,12-13H2,(H,23,27,30). The minimum atomic E-state index is -0.526. The first kappa shape index (κ1) is 20.3. The summed E-state index contributed by atoms with van der Waals surface area (Å²) in [6.45, 7) is 2.41. The highest BCUT2D eigenvalue weighted by Gasteiger charge is 2.46. The zero-order valence-corrected chi connectivity index (χ0v) is 17.5. The number of H-pyrrole nitrogens is 1. The first-order valence-electron chi connectivity index (χ1n) is 10.8. The van der Waals surface area contributed by atoms with E-state index in [0.29, 0.717) is 26.2 Å². The fraction of sp³-hybridized carbons (Fsp3) is 0.455. The van der Waals surface area contributed by atoms with Crippen molar-refractivity contribution < 1.29 is 19.1 Å². The molecule has 168 valence electrons. The molecule has 1 aromatic carbocycles. The van der Waals surface area contributed by atoms with E-state index in [1.54, 1.807) is 4.90 Å². The largest absolute Gasteiger partial charge is 0.454 e. The van der Waals surface area contributed by atoms with E-state index in [0.717, 1.165) is 23.5 Å². The van der Waals surface area contributed by atoms with Crippen LogP contribution in [0.5, 0.6) is 11.5 Å². The van der Waals surface area contributed by atoms with Gasteiger partial charge in [-0.05, 0) is 30.0 Å². The monoisotopic (exact) mass is 440 g/mol. The molecule has 32 heavy (non-hydrogen) atoms. The summed E-state index contributed by atoms with van der Waals surface area (Å²) in [5.74, 6) is 1.72. The molecular formula is C22H24N4O6. The number of benzene rings is 1. The van der Waals surface area contributed by atoms with Gasteiger partial charge in [-0.1, -0.05) is 6.07 Å². The molecule has 2 atom stereocenters. The summed E-state index contributed by atoms with van der Waals surface area (Å²) >= 11 is 0. The Kier molecular flexibility index (Phi) is 5.20. The third-order valence-electron chi connectivity index (χ3n) is 6.34. The second-order valence-electron chi connectivity index (χ2n) is 8.32. The van der Waals surface area contributed by atoms with Gasteiger partial charge in [-0.2, -0.15) is 0 Å². The lowest BCUT2D eigenvalue weighted by Crippen LogP contribution is -2.51. The maximum Gasteiger partial charge on any atom is 0.328 e. The third kappa shape index (κ3) is 4.00. The van der Waals surface area contributed by atoms with Crippen LogP contribution in [0, 0.1) is 5.92 Å². The molecule has 1 saturated heterocycles. The Bertz CT molecular complexity index is 1160. The molecule has 2 fully saturated rings. The van der Waals surface area contributed by atoms with Crippen LogP contribution < -0.4 is 20.7 Å². The van der Waals surface area contributed by atoms with E-state index < -0.39 is 11.2 Å². The summed E-state index contributed by atoms with van der Waals surface area (Å²) in [5, 5.41) is 0. The van der Waals surface area contributed by atoms with Crippen LogP contribution in [-0.4, -0.2) is 64.1 Å². The molecule has 0 spiro atoms. The molecule has 0 radical (unpaired) electrons. The summed E-state index contributed by atoms with van der Waals surface area (Å²) in [6, 6.07) is 7.11. The van der Waals surface area contributed by atoms with Crippen LogP contribution in [0.1, 0.15) is 24.3 Å². The Morgan fingerprint density at radius 3 is 2.53 bits per heavy atom. The molecule has 0 bridgehead atoms. The van der Waals surface area contributed by atoms with Crippen molar-refractivity contribution in [3.8, 4) is 11.5 Å². The van der Waals surface area contributed by atoms with Crippen molar-refractivity contribution in [3.05, 3.63) is 56.9 Å². The summed E-state index contributed by atoms with van der Waals surface area (Å²) in [5.41, 5.74) is 0.107. The molecule has 3 heterocycles. The lowest BCUT2D eigenvalue weighted by Gasteiger charge is -2.35. The van der Waals surface area contributed by atoms with Crippen LogP contribution in [0.2, 0.25) is 0 Å². The van der Waals surface area contributed by atoms with Crippen molar-refractivity contribution in [2.24, 2.45) is 5.92 Å². The van der Waals surface area contributed by atoms with Crippen LogP contribution in [-0.2, 0) is 16.1 Å². The number of aryl methyl sites for hydroxylation is 1. The van der Waals surface area contributed by atoms with E-state index in [2.05, 4.69) is 4.98 Å². The van der Waals surface area contributed by atoms with E-state index >= 15 is 0 Å². The summed E-state index contributed by atoms with van der Waals surface area (Å²) in [7, 11) is 0. The minimum absolute atomic E-state index is 0.0234. The number of hydrogen-bond donors (Lipinski definition) is 1. The first-order chi connectivity index (χ1) is 15.5. The van der Waals surface area contributed by atoms with Crippen LogP contribution >= 0.6 is 0 Å². The second-order valence-corrected chi connectivity index (χ2v) is 8.32. The number of aromatic amines is 1. The number of hydrogen-bond acceptors (Lipinski definition) is 6. The molecule has 2 unspecified atom stereocenters. The van der Waals surface area contributed by atoms with Gasteiger partial charge in [-0.3, -0.25) is 19.4 Å². The highest BCUT2D eigenvalue weighted by Crippen LogP contribution is 2.50. The molecule has 1 saturated carbocycles. The van der Waals surface area contributed by atoms with Crippen LogP contribution in [0.15, 0.2) is 40.1 Å². The average Bonchev–Trinajstić information content (AvgIpc) is 3.46. The molecule has 5 rings (SSSR count). The molecule has 1 N–H and O–H groups in total. The Morgan fingerprint density at radius 2 is 1.75 bits per heavy atom. The van der Waals surface area contributed by atoms with Gasteiger partial charge in [0.05, 0.1) is 0 Å². The van der Waals surface area contributed by atoms with Gasteiger partial charge in [0, 0.05) is 57.3 Å². The first-order valence-corrected chi connectivity index (χ1v) is 10.8. The van der Waals surface area contributed by atoms with Crippen LogP contribution in [0.25, 0.3) is 0 Å². The number of fused-ring (bicyclic) bond motifs is 1. The molecular weight excluding hydrogens is 416 g/mol. The molecule has 3 aliphatic rings. The van der Waals surface area contributed by atoms with Crippen molar-refractivity contribution >= 4 is 11.8 Å². The predicted molar refractivity (Wildman–Crippen MR) is 113 cm³/mol. The molecule has 10 heteroatoms. The van der Waals surface area contributed by atoms with E-state index in [1.807, 2.05) is 23.1 Å². The van der Waals surface area contributed by atoms with Gasteiger partial charge in [0.25, 0.3) is 5.56 Å². The quantitative estimate of drug-likeness (QED) is 0.707. The summed E-state index contributed by atoms with van der Waals surface area (Å²) in [6.07, 6.45) is 2.37. The Morgan fingerprint density at radius 1 is 1.00 bits per heavy atom. The van der Waals surface area contributed by atoms with E-state index in [9.17, 15) is 19.2 Å². The van der Waals surface area contributed by atoms with Gasteiger partial charge in [-0.15, -0.1) is 0 Å². The smallest absolute Gasteiger partial charge is 0.328 e. The summed E-state index contributed by atoms with van der Waals surface area (Å²) in [4.78, 5) is 54.0. The number of carbonyl (C=O) groups excluding carboxylic acids is 2. The average molecular weight is 440 g/mol.